The molecule has 0 aromatic carbocycles. The topological polar surface area (TPSA) is 54.8 Å². The fourth-order valence-electron chi connectivity index (χ4n) is 3.63. The summed E-state index contributed by atoms with van der Waals surface area (Å²) in [5.41, 5.74) is 1.20. The molecule has 1 unspecified atom stereocenters. The number of ether oxygens (including phenoxy) is 2. The van der Waals surface area contributed by atoms with Crippen molar-refractivity contribution in [3.63, 3.8) is 0 Å². The molecule has 0 aliphatic carbocycles. The smallest absolute Gasteiger partial charge is 0.0900 e. The van der Waals surface area contributed by atoms with Crippen LogP contribution in [0.1, 0.15) is 31.4 Å². The third-order valence-electron chi connectivity index (χ3n) is 5.09. The van der Waals surface area contributed by atoms with Crippen molar-refractivity contribution in [2.75, 3.05) is 39.5 Å². The van der Waals surface area contributed by atoms with Gasteiger partial charge in [0.15, 0.2) is 0 Å². The minimum Gasteiger partial charge on any atom is -0.389 e. The van der Waals surface area contributed by atoms with Crippen molar-refractivity contribution in [3.05, 3.63) is 30.1 Å². The lowest BCUT2D eigenvalue weighted by molar-refractivity contribution is -0.0652. The van der Waals surface area contributed by atoms with E-state index in [-0.39, 0.29) is 12.2 Å². The van der Waals surface area contributed by atoms with Gasteiger partial charge in [-0.05, 0) is 63.2 Å². The monoisotopic (exact) mass is 334 g/mol. The molecule has 0 bridgehead atoms. The van der Waals surface area contributed by atoms with E-state index < -0.39 is 0 Å². The van der Waals surface area contributed by atoms with Crippen LogP contribution in [0.25, 0.3) is 0 Å². The van der Waals surface area contributed by atoms with E-state index in [0.29, 0.717) is 12.5 Å². The number of likely N-dealkylation sites (tertiary alicyclic amines) is 1. The number of rotatable bonds is 7. The Morgan fingerprint density at radius 1 is 1.21 bits per heavy atom. The Labute approximate surface area is 145 Å². The van der Waals surface area contributed by atoms with Gasteiger partial charge in [0.2, 0.25) is 0 Å². The van der Waals surface area contributed by atoms with Gasteiger partial charge in [-0.1, -0.05) is 6.07 Å². The predicted molar refractivity (Wildman–Crippen MR) is 92.9 cm³/mol. The molecule has 5 heteroatoms. The first-order valence-electron chi connectivity index (χ1n) is 9.29. The lowest BCUT2D eigenvalue weighted by Crippen LogP contribution is -2.41. The molecule has 1 N–H and O–H groups in total. The van der Waals surface area contributed by atoms with Crippen molar-refractivity contribution in [2.24, 2.45) is 5.92 Å². The van der Waals surface area contributed by atoms with Gasteiger partial charge in [0.05, 0.1) is 18.8 Å². The van der Waals surface area contributed by atoms with Crippen molar-refractivity contribution in [1.82, 2.24) is 9.88 Å². The van der Waals surface area contributed by atoms with E-state index in [1.54, 1.807) is 0 Å². The lowest BCUT2D eigenvalue weighted by atomic mass is 9.92. The zero-order valence-electron chi connectivity index (χ0n) is 14.5. The Balaban J connectivity index is 1.31. The Bertz CT molecular complexity index is 457. The molecule has 2 fully saturated rings. The highest BCUT2D eigenvalue weighted by atomic mass is 16.5. The van der Waals surface area contributed by atoms with Crippen molar-refractivity contribution < 1.29 is 14.6 Å². The van der Waals surface area contributed by atoms with Crippen LogP contribution in [0, 0.1) is 5.92 Å². The summed E-state index contributed by atoms with van der Waals surface area (Å²) in [6, 6.07) is 6.14. The van der Waals surface area contributed by atoms with Gasteiger partial charge in [0, 0.05) is 31.6 Å². The number of aliphatic hydroxyl groups is 1. The van der Waals surface area contributed by atoms with E-state index in [0.717, 1.165) is 52.1 Å². The number of nitrogens with zero attached hydrogens (tertiary/aromatic N) is 2. The van der Waals surface area contributed by atoms with Gasteiger partial charge in [-0.3, -0.25) is 4.98 Å². The van der Waals surface area contributed by atoms with Crippen LogP contribution in [0.5, 0.6) is 0 Å². The van der Waals surface area contributed by atoms with Crippen LogP contribution in [-0.2, 0) is 15.9 Å². The summed E-state index contributed by atoms with van der Waals surface area (Å²) in [5.74, 6) is 0.715. The number of pyridine rings is 1. The van der Waals surface area contributed by atoms with Crippen LogP contribution in [0.3, 0.4) is 0 Å². The lowest BCUT2D eigenvalue weighted by Gasteiger charge is -2.33. The highest BCUT2D eigenvalue weighted by Crippen LogP contribution is 2.21. The summed E-state index contributed by atoms with van der Waals surface area (Å²) in [4.78, 5) is 6.80. The molecule has 2 aliphatic heterocycles. The second kappa shape index (κ2) is 9.47. The largest absolute Gasteiger partial charge is 0.389 e. The standard InChI is InChI=1S/C19H30N2O3/c22-18(15-24-19-6-11-23-12-7-19)14-21-9-4-16(5-10-21)13-17-3-1-2-8-20-17/h1-3,8,16,18-19,22H,4-7,9-15H2. The van der Waals surface area contributed by atoms with Gasteiger partial charge >= 0.3 is 0 Å². The molecule has 0 radical (unpaired) electrons. The molecule has 1 aromatic heterocycles. The SMILES string of the molecule is OC(COC1CCOCC1)CN1CCC(Cc2ccccn2)CC1. The average molecular weight is 334 g/mol. The second-order valence-corrected chi connectivity index (χ2v) is 7.07. The van der Waals surface area contributed by atoms with Crippen molar-refractivity contribution in [2.45, 2.75) is 44.3 Å². The minimum absolute atomic E-state index is 0.262. The van der Waals surface area contributed by atoms with E-state index in [2.05, 4.69) is 22.0 Å². The molecule has 3 heterocycles. The Kier molecular flexibility index (Phi) is 7.02. The Hall–Kier alpha value is -1.01. The summed E-state index contributed by atoms with van der Waals surface area (Å²) < 4.78 is 11.1. The van der Waals surface area contributed by atoms with Crippen LogP contribution in [0.15, 0.2) is 24.4 Å². The first-order chi connectivity index (χ1) is 11.8. The Morgan fingerprint density at radius 2 is 2.00 bits per heavy atom. The van der Waals surface area contributed by atoms with Gasteiger partial charge < -0.3 is 19.5 Å². The fourth-order valence-corrected chi connectivity index (χ4v) is 3.63. The highest BCUT2D eigenvalue weighted by Gasteiger charge is 2.22. The van der Waals surface area contributed by atoms with Crippen molar-refractivity contribution in [3.8, 4) is 0 Å². The molecule has 5 nitrogen and oxygen atoms in total. The normalized spacial score (nSPS) is 22.5. The van der Waals surface area contributed by atoms with E-state index in [1.165, 1.54) is 18.5 Å². The van der Waals surface area contributed by atoms with Crippen LogP contribution < -0.4 is 0 Å². The number of hydrogen-bond acceptors (Lipinski definition) is 5. The summed E-state index contributed by atoms with van der Waals surface area (Å²) in [6.07, 6.45) is 7.09. The van der Waals surface area contributed by atoms with Crippen LogP contribution >= 0.6 is 0 Å². The maximum atomic E-state index is 10.2. The number of piperidine rings is 1. The maximum Gasteiger partial charge on any atom is 0.0900 e. The predicted octanol–water partition coefficient (Wildman–Crippen LogP) is 1.89. The molecule has 1 atom stereocenters. The van der Waals surface area contributed by atoms with Gasteiger partial charge in [-0.2, -0.15) is 0 Å². The van der Waals surface area contributed by atoms with E-state index >= 15 is 0 Å². The van der Waals surface area contributed by atoms with Crippen LogP contribution in [-0.4, -0.2) is 66.7 Å². The number of aliphatic hydroxyl groups excluding tert-OH is 1. The summed E-state index contributed by atoms with van der Waals surface area (Å²) >= 11 is 0. The average Bonchev–Trinajstić information content (AvgIpc) is 2.63. The summed E-state index contributed by atoms with van der Waals surface area (Å²) in [5, 5.41) is 10.2. The van der Waals surface area contributed by atoms with Gasteiger partial charge in [-0.25, -0.2) is 0 Å². The number of β-amino-alcohol motifs (C(OH)–C–C–N with tert-alkyl or cyclic N) is 1. The van der Waals surface area contributed by atoms with E-state index in [1.807, 2.05) is 12.3 Å². The molecule has 2 aliphatic rings. The molecule has 24 heavy (non-hydrogen) atoms. The minimum atomic E-state index is -0.389. The van der Waals surface area contributed by atoms with E-state index in [9.17, 15) is 5.11 Å². The maximum absolute atomic E-state index is 10.2. The van der Waals surface area contributed by atoms with Crippen LogP contribution in [0.4, 0.5) is 0 Å². The van der Waals surface area contributed by atoms with Gasteiger partial charge in [-0.15, -0.1) is 0 Å². The van der Waals surface area contributed by atoms with Gasteiger partial charge in [0.1, 0.15) is 0 Å². The second-order valence-electron chi connectivity index (χ2n) is 7.07. The molecular weight excluding hydrogens is 304 g/mol. The van der Waals surface area contributed by atoms with Crippen LogP contribution in [0.2, 0.25) is 0 Å². The molecule has 2 saturated heterocycles. The fraction of sp³-hybridized carbons (Fsp3) is 0.737. The van der Waals surface area contributed by atoms with Crippen molar-refractivity contribution >= 4 is 0 Å². The highest BCUT2D eigenvalue weighted by molar-refractivity contribution is 5.04. The summed E-state index contributed by atoms with van der Waals surface area (Å²) in [7, 11) is 0. The molecule has 0 spiro atoms. The third kappa shape index (κ3) is 5.81. The molecule has 3 rings (SSSR count). The van der Waals surface area contributed by atoms with Crippen molar-refractivity contribution in [1.29, 1.82) is 0 Å². The number of hydrogen-bond donors (Lipinski definition) is 1. The third-order valence-corrected chi connectivity index (χ3v) is 5.09. The molecule has 0 saturated carbocycles. The summed E-state index contributed by atoms with van der Waals surface area (Å²) in [6.45, 7) is 4.85. The first-order valence-corrected chi connectivity index (χ1v) is 9.29. The zero-order valence-corrected chi connectivity index (χ0v) is 14.5. The van der Waals surface area contributed by atoms with Gasteiger partial charge in [0.25, 0.3) is 0 Å². The molecule has 0 amide bonds. The number of aromatic nitrogens is 1. The molecule has 1 aromatic rings. The Morgan fingerprint density at radius 3 is 2.71 bits per heavy atom. The molecule has 134 valence electrons. The first kappa shape index (κ1) is 17.8. The zero-order chi connectivity index (χ0) is 16.6. The van der Waals surface area contributed by atoms with E-state index in [4.69, 9.17) is 9.47 Å². The molecular formula is C19H30N2O3. The quantitative estimate of drug-likeness (QED) is 0.825.